The summed E-state index contributed by atoms with van der Waals surface area (Å²) in [4.78, 5) is 0. The van der Waals surface area contributed by atoms with Crippen molar-refractivity contribution in [1.29, 1.82) is 0 Å². The third kappa shape index (κ3) is 3.76. The number of benzene rings is 1. The van der Waals surface area contributed by atoms with Crippen LogP contribution in [0.2, 0.25) is 5.02 Å². The molecule has 0 saturated heterocycles. The van der Waals surface area contributed by atoms with Gasteiger partial charge in [-0.15, -0.1) is 0 Å². The molecule has 0 amide bonds. The summed E-state index contributed by atoms with van der Waals surface area (Å²) in [5.74, 6) is 0. The molecule has 0 bridgehead atoms. The van der Waals surface area contributed by atoms with Gasteiger partial charge < -0.3 is 10.2 Å². The molecule has 0 radical (unpaired) electrons. The Hall–Kier alpha value is -0.0900. The Bertz CT molecular complexity index is 310. The number of aliphatic hydroxyl groups is 2. The van der Waals surface area contributed by atoms with Crippen LogP contribution in [0.5, 0.6) is 0 Å². The van der Waals surface area contributed by atoms with E-state index < -0.39 is 12.2 Å². The number of aryl methyl sites for hydroxylation is 1. The van der Waals surface area contributed by atoms with E-state index in [4.69, 9.17) is 11.6 Å². The van der Waals surface area contributed by atoms with Crippen LogP contribution < -0.4 is 0 Å². The molecule has 2 unspecified atom stereocenters. The zero-order valence-electron chi connectivity index (χ0n) is 8.45. The molecule has 4 heteroatoms. The molecule has 0 heterocycles. The molecule has 1 aromatic carbocycles. The van der Waals surface area contributed by atoms with Crippen LogP contribution in [0.25, 0.3) is 0 Å². The maximum Gasteiger partial charge on any atom is 0.105 e. The van der Waals surface area contributed by atoms with Gasteiger partial charge in [0, 0.05) is 10.4 Å². The average Bonchev–Trinajstić information content (AvgIpc) is 2.15. The van der Waals surface area contributed by atoms with Gasteiger partial charge in [0.25, 0.3) is 0 Å². The minimum absolute atomic E-state index is 0.507. The summed E-state index contributed by atoms with van der Waals surface area (Å²) in [7, 11) is 0. The normalized spacial score (nSPS) is 15.0. The molecule has 2 atom stereocenters. The Morgan fingerprint density at radius 2 is 2.00 bits per heavy atom. The molecule has 2 nitrogen and oxygen atoms in total. The molecule has 0 aliphatic rings. The molecule has 0 saturated carbocycles. The van der Waals surface area contributed by atoms with Crippen LogP contribution in [0, 0.1) is 6.92 Å². The number of rotatable bonds is 4. The second kappa shape index (κ2) is 5.85. The number of hydrogen-bond donors (Lipinski definition) is 2. The number of halogens is 2. The van der Waals surface area contributed by atoms with Crippen molar-refractivity contribution >= 4 is 27.5 Å². The lowest BCUT2D eigenvalue weighted by Crippen LogP contribution is -2.18. The van der Waals surface area contributed by atoms with Crippen LogP contribution in [0.3, 0.4) is 0 Å². The molecule has 2 N–H and O–H groups in total. The van der Waals surface area contributed by atoms with Gasteiger partial charge in [-0.2, -0.15) is 0 Å². The van der Waals surface area contributed by atoms with Crippen molar-refractivity contribution in [3.8, 4) is 0 Å². The molecule has 1 aromatic rings. The van der Waals surface area contributed by atoms with E-state index in [1.807, 2.05) is 19.1 Å². The molecule has 1 rings (SSSR count). The number of aliphatic hydroxyl groups excluding tert-OH is 2. The van der Waals surface area contributed by atoms with Gasteiger partial charge in [0.1, 0.15) is 6.10 Å². The van der Waals surface area contributed by atoms with Gasteiger partial charge in [0.2, 0.25) is 0 Å². The Kier molecular flexibility index (Phi) is 5.06. The lowest BCUT2D eigenvalue weighted by Gasteiger charge is -2.17. The van der Waals surface area contributed by atoms with Crippen molar-refractivity contribution in [3.05, 3.63) is 34.3 Å². The van der Waals surface area contributed by atoms with Crippen molar-refractivity contribution in [2.75, 3.05) is 5.33 Å². The van der Waals surface area contributed by atoms with Crippen LogP contribution in [0.1, 0.15) is 23.7 Å². The summed E-state index contributed by atoms with van der Waals surface area (Å²) in [5, 5.41) is 20.7. The fourth-order valence-corrected chi connectivity index (χ4v) is 2.19. The predicted molar refractivity (Wildman–Crippen MR) is 65.6 cm³/mol. The smallest absolute Gasteiger partial charge is 0.105 e. The minimum Gasteiger partial charge on any atom is -0.390 e. The highest BCUT2D eigenvalue weighted by atomic mass is 79.9. The van der Waals surface area contributed by atoms with E-state index in [0.717, 1.165) is 5.56 Å². The Labute approximate surface area is 103 Å². The third-order valence-corrected chi connectivity index (χ3v) is 2.85. The van der Waals surface area contributed by atoms with Gasteiger partial charge in [-0.1, -0.05) is 33.6 Å². The molecule has 0 fully saturated rings. The molecule has 0 aliphatic carbocycles. The van der Waals surface area contributed by atoms with E-state index in [9.17, 15) is 10.2 Å². The summed E-state index contributed by atoms with van der Waals surface area (Å²) >= 11 is 9.10. The second-order valence-electron chi connectivity index (χ2n) is 3.55. The highest BCUT2D eigenvalue weighted by Gasteiger charge is 2.18. The Balaban J connectivity index is 2.85. The van der Waals surface area contributed by atoms with Crippen molar-refractivity contribution in [1.82, 2.24) is 0 Å². The summed E-state index contributed by atoms with van der Waals surface area (Å²) in [6.45, 7) is 1.90. The Morgan fingerprint density at radius 3 is 2.53 bits per heavy atom. The number of alkyl halides is 1. The Morgan fingerprint density at radius 1 is 1.33 bits per heavy atom. The monoisotopic (exact) mass is 292 g/mol. The highest BCUT2D eigenvalue weighted by Crippen LogP contribution is 2.24. The zero-order chi connectivity index (χ0) is 11.4. The van der Waals surface area contributed by atoms with Gasteiger partial charge in [0.15, 0.2) is 0 Å². The van der Waals surface area contributed by atoms with E-state index in [0.29, 0.717) is 22.3 Å². The molecular weight excluding hydrogens is 279 g/mol. The quantitative estimate of drug-likeness (QED) is 0.838. The summed E-state index contributed by atoms with van der Waals surface area (Å²) < 4.78 is 0. The van der Waals surface area contributed by atoms with Gasteiger partial charge in [-0.05, 0) is 36.6 Å². The molecule has 84 valence electrons. The summed E-state index contributed by atoms with van der Waals surface area (Å²) in [6, 6.07) is 5.32. The fourth-order valence-electron chi connectivity index (χ4n) is 1.43. The molecule has 0 spiro atoms. The van der Waals surface area contributed by atoms with Gasteiger partial charge in [0.05, 0.1) is 6.10 Å². The van der Waals surface area contributed by atoms with E-state index in [1.165, 1.54) is 0 Å². The topological polar surface area (TPSA) is 40.5 Å². The van der Waals surface area contributed by atoms with E-state index in [-0.39, 0.29) is 0 Å². The third-order valence-electron chi connectivity index (χ3n) is 2.18. The maximum atomic E-state index is 9.84. The van der Waals surface area contributed by atoms with Crippen LogP contribution in [0.4, 0.5) is 0 Å². The van der Waals surface area contributed by atoms with E-state index >= 15 is 0 Å². The van der Waals surface area contributed by atoms with E-state index in [1.54, 1.807) is 6.07 Å². The molecular formula is C11H14BrClO2. The standard InChI is InChI=1S/C11H14BrClO2/c1-7-4-8(6-9(13)5-7)11(15)10(14)2-3-12/h4-6,10-11,14-15H,2-3H2,1H3. The SMILES string of the molecule is Cc1cc(Cl)cc(C(O)C(O)CCBr)c1. The first kappa shape index (κ1) is 13.0. The van der Waals surface area contributed by atoms with Gasteiger partial charge >= 0.3 is 0 Å². The zero-order valence-corrected chi connectivity index (χ0v) is 10.8. The molecule has 0 aromatic heterocycles. The minimum atomic E-state index is -0.875. The summed E-state index contributed by atoms with van der Waals surface area (Å²) in [6.07, 6.45) is -1.13. The lowest BCUT2D eigenvalue weighted by molar-refractivity contribution is 0.0173. The fraction of sp³-hybridized carbons (Fsp3) is 0.455. The molecule has 15 heavy (non-hydrogen) atoms. The average molecular weight is 294 g/mol. The van der Waals surface area contributed by atoms with Gasteiger partial charge in [-0.25, -0.2) is 0 Å². The number of hydrogen-bond acceptors (Lipinski definition) is 2. The highest BCUT2D eigenvalue weighted by molar-refractivity contribution is 9.09. The second-order valence-corrected chi connectivity index (χ2v) is 4.78. The van der Waals surface area contributed by atoms with Gasteiger partial charge in [-0.3, -0.25) is 0 Å². The van der Waals surface area contributed by atoms with Crippen LogP contribution >= 0.6 is 27.5 Å². The van der Waals surface area contributed by atoms with E-state index in [2.05, 4.69) is 15.9 Å². The maximum absolute atomic E-state index is 9.84. The molecule has 0 aliphatic heterocycles. The van der Waals surface area contributed by atoms with Crippen LogP contribution in [-0.4, -0.2) is 21.6 Å². The predicted octanol–water partition coefficient (Wildman–Crippen LogP) is 2.83. The van der Waals surface area contributed by atoms with Crippen LogP contribution in [-0.2, 0) is 0 Å². The first-order chi connectivity index (χ1) is 7.04. The lowest BCUT2D eigenvalue weighted by atomic mass is 10.0. The first-order valence-corrected chi connectivity index (χ1v) is 6.23. The largest absolute Gasteiger partial charge is 0.390 e. The summed E-state index contributed by atoms with van der Waals surface area (Å²) in [5.41, 5.74) is 1.64. The van der Waals surface area contributed by atoms with Crippen molar-refractivity contribution in [3.63, 3.8) is 0 Å². The van der Waals surface area contributed by atoms with Crippen LogP contribution in [0.15, 0.2) is 18.2 Å². The van der Waals surface area contributed by atoms with Crippen molar-refractivity contribution in [2.45, 2.75) is 25.6 Å². The van der Waals surface area contributed by atoms with Crippen molar-refractivity contribution < 1.29 is 10.2 Å². The first-order valence-electron chi connectivity index (χ1n) is 4.73. The van der Waals surface area contributed by atoms with Crippen molar-refractivity contribution in [2.24, 2.45) is 0 Å².